The number of carbonyl (C=O) groups is 2. The zero-order valence-electron chi connectivity index (χ0n) is 10.3. The predicted molar refractivity (Wildman–Crippen MR) is 59.9 cm³/mol. The summed E-state index contributed by atoms with van der Waals surface area (Å²) in [5.41, 5.74) is -1.73. The van der Waals surface area contributed by atoms with Crippen LogP contribution in [0.4, 0.5) is 0 Å². The second-order valence-electron chi connectivity index (χ2n) is 3.80. The van der Waals surface area contributed by atoms with Gasteiger partial charge in [-0.1, -0.05) is 13.3 Å². The molecule has 0 aromatic heterocycles. The SMILES string of the molecule is CCCC(CCOCCOC)(C(=O)O)C(=O)O. The van der Waals surface area contributed by atoms with Crippen molar-refractivity contribution in [2.24, 2.45) is 5.41 Å². The van der Waals surface area contributed by atoms with Crippen molar-refractivity contribution in [1.82, 2.24) is 0 Å². The van der Waals surface area contributed by atoms with Crippen LogP contribution in [0.25, 0.3) is 0 Å². The van der Waals surface area contributed by atoms with E-state index in [1.54, 1.807) is 6.92 Å². The van der Waals surface area contributed by atoms with Crippen LogP contribution >= 0.6 is 0 Å². The molecule has 0 aliphatic carbocycles. The van der Waals surface area contributed by atoms with Crippen LogP contribution in [0.1, 0.15) is 26.2 Å². The van der Waals surface area contributed by atoms with Gasteiger partial charge in [0.15, 0.2) is 5.41 Å². The summed E-state index contributed by atoms with van der Waals surface area (Å²) in [5, 5.41) is 18.1. The summed E-state index contributed by atoms with van der Waals surface area (Å²) in [6.07, 6.45) is 0.567. The number of hydrogen-bond donors (Lipinski definition) is 2. The third kappa shape index (κ3) is 4.70. The van der Waals surface area contributed by atoms with Crippen molar-refractivity contribution in [2.45, 2.75) is 26.2 Å². The van der Waals surface area contributed by atoms with E-state index >= 15 is 0 Å². The Bertz CT molecular complexity index is 236. The maximum absolute atomic E-state index is 11.1. The van der Waals surface area contributed by atoms with Gasteiger partial charge < -0.3 is 19.7 Å². The van der Waals surface area contributed by atoms with Crippen molar-refractivity contribution in [3.63, 3.8) is 0 Å². The molecule has 0 saturated heterocycles. The lowest BCUT2D eigenvalue weighted by Gasteiger charge is -2.24. The number of ether oxygens (including phenoxy) is 2. The van der Waals surface area contributed by atoms with Gasteiger partial charge in [-0.2, -0.15) is 0 Å². The molecule has 0 radical (unpaired) electrons. The highest BCUT2D eigenvalue weighted by Gasteiger charge is 2.45. The smallest absolute Gasteiger partial charge is 0.321 e. The lowest BCUT2D eigenvalue weighted by Crippen LogP contribution is -2.40. The number of carboxylic acid groups (broad SMARTS) is 2. The summed E-state index contributed by atoms with van der Waals surface area (Å²) in [5.74, 6) is -2.61. The van der Waals surface area contributed by atoms with Crippen molar-refractivity contribution in [2.75, 3.05) is 26.9 Å². The molecule has 0 unspecified atom stereocenters. The Kier molecular flexibility index (Phi) is 7.49. The number of methoxy groups -OCH3 is 1. The van der Waals surface area contributed by atoms with E-state index < -0.39 is 17.4 Å². The first-order valence-electron chi connectivity index (χ1n) is 5.54. The molecular formula is C11H20O6. The Morgan fingerprint density at radius 3 is 2.06 bits per heavy atom. The van der Waals surface area contributed by atoms with Gasteiger partial charge in [-0.05, 0) is 12.8 Å². The second kappa shape index (κ2) is 8.03. The Morgan fingerprint density at radius 2 is 1.65 bits per heavy atom. The fraction of sp³-hybridized carbons (Fsp3) is 0.818. The molecule has 0 bridgehead atoms. The van der Waals surface area contributed by atoms with E-state index in [9.17, 15) is 9.59 Å². The van der Waals surface area contributed by atoms with Crippen LogP contribution < -0.4 is 0 Å². The number of hydrogen-bond acceptors (Lipinski definition) is 4. The molecule has 2 N–H and O–H groups in total. The monoisotopic (exact) mass is 248 g/mol. The van der Waals surface area contributed by atoms with Crippen LogP contribution in [0, 0.1) is 5.41 Å². The van der Waals surface area contributed by atoms with Gasteiger partial charge in [-0.3, -0.25) is 9.59 Å². The van der Waals surface area contributed by atoms with Crippen molar-refractivity contribution in [3.05, 3.63) is 0 Å². The van der Waals surface area contributed by atoms with Crippen LogP contribution in [0.5, 0.6) is 0 Å². The molecule has 0 spiro atoms. The summed E-state index contributed by atoms with van der Waals surface area (Å²) in [7, 11) is 1.53. The second-order valence-corrected chi connectivity index (χ2v) is 3.80. The van der Waals surface area contributed by atoms with Gasteiger partial charge in [0.05, 0.1) is 13.2 Å². The lowest BCUT2D eigenvalue weighted by atomic mass is 9.80. The molecule has 0 aliphatic heterocycles. The van der Waals surface area contributed by atoms with Crippen LogP contribution in [0.2, 0.25) is 0 Å². The number of carboxylic acids is 2. The van der Waals surface area contributed by atoms with E-state index in [4.69, 9.17) is 19.7 Å². The zero-order chi connectivity index (χ0) is 13.3. The van der Waals surface area contributed by atoms with Crippen molar-refractivity contribution >= 4 is 11.9 Å². The molecule has 17 heavy (non-hydrogen) atoms. The zero-order valence-corrected chi connectivity index (χ0v) is 10.3. The number of rotatable bonds is 10. The van der Waals surface area contributed by atoms with Gasteiger partial charge in [-0.25, -0.2) is 0 Å². The molecule has 0 amide bonds. The molecular weight excluding hydrogens is 228 g/mol. The first kappa shape index (κ1) is 15.9. The average Bonchev–Trinajstić information content (AvgIpc) is 2.26. The molecule has 6 heteroatoms. The third-order valence-corrected chi connectivity index (χ3v) is 2.60. The van der Waals surface area contributed by atoms with Gasteiger partial charge in [0.1, 0.15) is 0 Å². The summed E-state index contributed by atoms with van der Waals surface area (Å²) < 4.78 is 9.88. The highest BCUT2D eigenvalue weighted by Crippen LogP contribution is 2.29. The molecule has 0 rings (SSSR count). The lowest BCUT2D eigenvalue weighted by molar-refractivity contribution is -0.167. The maximum atomic E-state index is 11.1. The molecule has 100 valence electrons. The van der Waals surface area contributed by atoms with E-state index in [1.165, 1.54) is 7.11 Å². The Labute approximate surface area is 101 Å². The highest BCUT2D eigenvalue weighted by molar-refractivity contribution is 5.98. The van der Waals surface area contributed by atoms with Crippen LogP contribution in [0.3, 0.4) is 0 Å². The minimum Gasteiger partial charge on any atom is -0.480 e. The fourth-order valence-electron chi connectivity index (χ4n) is 1.56. The van der Waals surface area contributed by atoms with Gasteiger partial charge in [0, 0.05) is 13.7 Å². The first-order valence-corrected chi connectivity index (χ1v) is 5.54. The minimum atomic E-state index is -1.73. The topological polar surface area (TPSA) is 93.1 Å². The van der Waals surface area contributed by atoms with Crippen LogP contribution in [-0.4, -0.2) is 49.1 Å². The maximum Gasteiger partial charge on any atom is 0.321 e. The molecule has 0 aromatic carbocycles. The van der Waals surface area contributed by atoms with Gasteiger partial charge >= 0.3 is 11.9 Å². The van der Waals surface area contributed by atoms with E-state index in [1.807, 2.05) is 0 Å². The van der Waals surface area contributed by atoms with Crippen LogP contribution in [-0.2, 0) is 19.1 Å². The Balaban J connectivity index is 4.37. The largest absolute Gasteiger partial charge is 0.480 e. The van der Waals surface area contributed by atoms with Crippen molar-refractivity contribution < 1.29 is 29.3 Å². The van der Waals surface area contributed by atoms with Gasteiger partial charge in [0.2, 0.25) is 0 Å². The molecule has 0 aromatic rings. The van der Waals surface area contributed by atoms with Crippen molar-refractivity contribution in [1.29, 1.82) is 0 Å². The van der Waals surface area contributed by atoms with Gasteiger partial charge in [0.25, 0.3) is 0 Å². The third-order valence-electron chi connectivity index (χ3n) is 2.60. The molecule has 0 fully saturated rings. The number of aliphatic carboxylic acids is 2. The van der Waals surface area contributed by atoms with Crippen molar-refractivity contribution in [3.8, 4) is 0 Å². The summed E-state index contributed by atoms with van der Waals surface area (Å²) in [6, 6.07) is 0. The van der Waals surface area contributed by atoms with Crippen LogP contribution in [0.15, 0.2) is 0 Å². The Morgan fingerprint density at radius 1 is 1.06 bits per heavy atom. The van der Waals surface area contributed by atoms with E-state index in [0.717, 1.165) is 0 Å². The summed E-state index contributed by atoms with van der Waals surface area (Å²) in [4.78, 5) is 22.2. The normalized spacial score (nSPS) is 11.4. The standard InChI is InChI=1S/C11H20O6/c1-3-4-11(9(12)13,10(14)15)5-6-17-8-7-16-2/h3-8H2,1-2H3,(H,12,13)(H,14,15). The summed E-state index contributed by atoms with van der Waals surface area (Å²) in [6.45, 7) is 2.59. The molecule has 0 aliphatic rings. The van der Waals surface area contributed by atoms with E-state index in [-0.39, 0.29) is 19.4 Å². The molecule has 0 atom stereocenters. The molecule has 6 nitrogen and oxygen atoms in total. The first-order chi connectivity index (χ1) is 8.01. The van der Waals surface area contributed by atoms with E-state index in [2.05, 4.69) is 0 Å². The highest BCUT2D eigenvalue weighted by atomic mass is 16.5. The molecule has 0 saturated carbocycles. The fourth-order valence-corrected chi connectivity index (χ4v) is 1.56. The summed E-state index contributed by atoms with van der Waals surface area (Å²) >= 11 is 0. The quantitative estimate of drug-likeness (QED) is 0.442. The van der Waals surface area contributed by atoms with E-state index in [0.29, 0.717) is 19.6 Å². The van der Waals surface area contributed by atoms with Gasteiger partial charge in [-0.15, -0.1) is 0 Å². The molecule has 0 heterocycles. The average molecular weight is 248 g/mol. The predicted octanol–water partition coefficient (Wildman–Crippen LogP) is 0.995. The Hall–Kier alpha value is -1.14. The minimum absolute atomic E-state index is 0.0325.